The van der Waals surface area contributed by atoms with Crippen molar-refractivity contribution in [2.45, 2.75) is 45.8 Å². The van der Waals surface area contributed by atoms with Crippen LogP contribution < -0.4 is 23.8 Å². The molecule has 2 aliphatic rings. The number of Topliss-reactive ketones (excluding diaryl/α,β-unsaturated/α-hetero) is 1. The van der Waals surface area contributed by atoms with E-state index >= 15 is 0 Å². The van der Waals surface area contributed by atoms with Crippen LogP contribution in [0.5, 0.6) is 23.0 Å². The summed E-state index contributed by atoms with van der Waals surface area (Å²) in [5.41, 5.74) is 2.56. The molecule has 0 saturated carbocycles. The molecule has 0 spiro atoms. The Morgan fingerprint density at radius 2 is 1.91 bits per heavy atom. The molecule has 3 aromatic carbocycles. The minimum absolute atomic E-state index is 0.0149. The normalized spacial score (nSPS) is 19.0. The van der Waals surface area contributed by atoms with Crippen LogP contribution in [0.15, 0.2) is 60.2 Å². The van der Waals surface area contributed by atoms with Gasteiger partial charge in [-0.1, -0.05) is 24.3 Å². The van der Waals surface area contributed by atoms with Gasteiger partial charge in [-0.3, -0.25) is 14.5 Å². The molecule has 3 heterocycles. The highest BCUT2D eigenvalue weighted by Gasteiger charge is 2.48. The molecule has 0 radical (unpaired) electrons. The summed E-state index contributed by atoms with van der Waals surface area (Å²) in [5, 5.41) is 12.0. The fraction of sp³-hybridized carbons (Fsp3) is 0.303. The molecule has 1 aromatic heterocycles. The van der Waals surface area contributed by atoms with Crippen LogP contribution in [0.4, 0.5) is 5.13 Å². The molecule has 2 atom stereocenters. The molecule has 43 heavy (non-hydrogen) atoms. The molecule has 1 N–H and O–H groups in total. The van der Waals surface area contributed by atoms with Gasteiger partial charge in [0.15, 0.2) is 16.6 Å². The summed E-state index contributed by atoms with van der Waals surface area (Å²) in [6.07, 6.45) is 1.52. The topological polar surface area (TPSA) is 107 Å². The molecule has 1 saturated heterocycles. The van der Waals surface area contributed by atoms with Crippen molar-refractivity contribution in [1.29, 1.82) is 0 Å². The number of carbonyl (C=O) groups is 2. The smallest absolute Gasteiger partial charge is 0.301 e. The maximum Gasteiger partial charge on any atom is 0.301 e. The second-order valence-corrected chi connectivity index (χ2v) is 11.5. The molecule has 9 nitrogen and oxygen atoms in total. The molecule has 2 unspecified atom stereocenters. The van der Waals surface area contributed by atoms with Crippen LogP contribution in [-0.2, 0) is 16.0 Å². The Labute approximate surface area is 253 Å². The largest absolute Gasteiger partial charge is 0.507 e. The number of anilines is 1. The fourth-order valence-electron chi connectivity index (χ4n) is 5.49. The second kappa shape index (κ2) is 11.6. The zero-order valence-corrected chi connectivity index (χ0v) is 25.2. The summed E-state index contributed by atoms with van der Waals surface area (Å²) in [7, 11) is 1.58. The number of aliphatic hydroxyl groups excluding tert-OH is 1. The fourth-order valence-corrected chi connectivity index (χ4v) is 6.51. The first-order valence-corrected chi connectivity index (χ1v) is 15.1. The summed E-state index contributed by atoms with van der Waals surface area (Å²) in [5.74, 6) is 0.602. The number of hydrogen-bond acceptors (Lipinski definition) is 9. The average Bonchev–Trinajstić information content (AvgIpc) is 3.67. The Morgan fingerprint density at radius 3 is 2.67 bits per heavy atom. The highest BCUT2D eigenvalue weighted by atomic mass is 32.1. The van der Waals surface area contributed by atoms with Gasteiger partial charge < -0.3 is 24.1 Å². The summed E-state index contributed by atoms with van der Waals surface area (Å²) >= 11 is 1.27. The molecule has 1 fully saturated rings. The number of thiazole rings is 1. The van der Waals surface area contributed by atoms with Gasteiger partial charge >= 0.3 is 5.91 Å². The molecule has 0 aliphatic carbocycles. The minimum Gasteiger partial charge on any atom is -0.507 e. The summed E-state index contributed by atoms with van der Waals surface area (Å²) in [6, 6.07) is 15.1. The number of carbonyl (C=O) groups excluding carboxylic acids is 2. The molecule has 222 valence electrons. The van der Waals surface area contributed by atoms with E-state index in [0.717, 1.165) is 22.4 Å². The van der Waals surface area contributed by atoms with Crippen molar-refractivity contribution >= 4 is 44.1 Å². The van der Waals surface area contributed by atoms with E-state index < -0.39 is 17.7 Å². The van der Waals surface area contributed by atoms with Crippen LogP contribution in [0.25, 0.3) is 16.0 Å². The zero-order chi connectivity index (χ0) is 30.2. The average molecular weight is 601 g/mol. The van der Waals surface area contributed by atoms with Gasteiger partial charge in [0.05, 0.1) is 42.2 Å². The monoisotopic (exact) mass is 600 g/mol. The Kier molecular flexibility index (Phi) is 7.70. The molecular formula is C33H32N2O7S. The molecule has 4 aromatic rings. The predicted octanol–water partition coefficient (Wildman–Crippen LogP) is 6.44. The van der Waals surface area contributed by atoms with Crippen molar-refractivity contribution in [3.8, 4) is 23.0 Å². The van der Waals surface area contributed by atoms with Crippen LogP contribution in [0.2, 0.25) is 0 Å². The predicted molar refractivity (Wildman–Crippen MR) is 165 cm³/mol. The van der Waals surface area contributed by atoms with Gasteiger partial charge in [0, 0.05) is 12.0 Å². The zero-order valence-electron chi connectivity index (χ0n) is 24.4. The number of amides is 1. The number of ether oxygens (including phenoxy) is 4. The van der Waals surface area contributed by atoms with Gasteiger partial charge in [-0.15, -0.1) is 0 Å². The molecule has 1 amide bonds. The van der Waals surface area contributed by atoms with E-state index in [2.05, 4.69) is 0 Å². The SMILES string of the molecule is CCCOc1ccc(C2/C(=C(/O)c3ccc4c(c3)CC(C)O4)C(=O)C(=O)N2c2nc3ccc(OC)cc3s2)cc1OCC. The first kappa shape index (κ1) is 28.5. The van der Waals surface area contributed by atoms with E-state index in [1.54, 1.807) is 49.6 Å². The Balaban J connectivity index is 1.53. The molecule has 0 bridgehead atoms. The van der Waals surface area contributed by atoms with Crippen molar-refractivity contribution < 1.29 is 33.6 Å². The lowest BCUT2D eigenvalue weighted by Crippen LogP contribution is -2.29. The van der Waals surface area contributed by atoms with E-state index in [4.69, 9.17) is 23.9 Å². The van der Waals surface area contributed by atoms with Crippen LogP contribution in [0.1, 0.15) is 49.9 Å². The summed E-state index contributed by atoms with van der Waals surface area (Å²) < 4.78 is 23.8. The van der Waals surface area contributed by atoms with E-state index in [1.807, 2.05) is 32.9 Å². The third kappa shape index (κ3) is 5.16. The Morgan fingerprint density at radius 1 is 1.07 bits per heavy atom. The number of ketones is 1. The highest BCUT2D eigenvalue weighted by molar-refractivity contribution is 7.22. The summed E-state index contributed by atoms with van der Waals surface area (Å²) in [6.45, 7) is 6.76. The van der Waals surface area contributed by atoms with Crippen molar-refractivity contribution in [3.05, 3.63) is 76.9 Å². The minimum atomic E-state index is -0.967. The lowest BCUT2D eigenvalue weighted by atomic mass is 9.94. The quantitative estimate of drug-likeness (QED) is 0.133. The van der Waals surface area contributed by atoms with Gasteiger partial charge in [0.25, 0.3) is 5.78 Å². The van der Waals surface area contributed by atoms with Crippen molar-refractivity contribution in [3.63, 3.8) is 0 Å². The van der Waals surface area contributed by atoms with Gasteiger partial charge in [0.1, 0.15) is 23.4 Å². The first-order chi connectivity index (χ1) is 20.8. The van der Waals surface area contributed by atoms with Gasteiger partial charge in [-0.25, -0.2) is 4.98 Å². The maximum atomic E-state index is 13.8. The Bertz CT molecular complexity index is 1760. The van der Waals surface area contributed by atoms with E-state index in [0.29, 0.717) is 58.7 Å². The van der Waals surface area contributed by atoms with Crippen molar-refractivity contribution in [1.82, 2.24) is 4.98 Å². The van der Waals surface area contributed by atoms with Crippen molar-refractivity contribution in [2.75, 3.05) is 25.2 Å². The lowest BCUT2D eigenvalue weighted by Gasteiger charge is -2.24. The highest BCUT2D eigenvalue weighted by Crippen LogP contribution is 2.46. The molecule has 6 rings (SSSR count). The van der Waals surface area contributed by atoms with Gasteiger partial charge in [-0.05, 0) is 79.9 Å². The number of benzene rings is 3. The maximum absolute atomic E-state index is 13.8. The number of aromatic nitrogens is 1. The number of rotatable bonds is 9. The second-order valence-electron chi connectivity index (χ2n) is 10.4. The number of nitrogens with zero attached hydrogens (tertiary/aromatic N) is 2. The van der Waals surface area contributed by atoms with Crippen LogP contribution >= 0.6 is 11.3 Å². The summed E-state index contributed by atoms with van der Waals surface area (Å²) in [4.78, 5) is 33.6. The molecule has 2 aliphatic heterocycles. The van der Waals surface area contributed by atoms with E-state index in [-0.39, 0.29) is 17.4 Å². The van der Waals surface area contributed by atoms with E-state index in [9.17, 15) is 14.7 Å². The standard InChI is InChI=1S/C33H32N2O7S/c1-5-13-41-25-12-7-19(16-26(25)40-6-2)29-28(30(36)20-8-11-24-21(15-20)14-18(3)42-24)31(37)32(38)35(29)33-34-23-10-9-22(39-4)17-27(23)43-33/h7-12,15-18,29,36H,5-6,13-14H2,1-4H3/b30-28-. The van der Waals surface area contributed by atoms with Crippen LogP contribution in [0.3, 0.4) is 0 Å². The number of fused-ring (bicyclic) bond motifs is 2. The van der Waals surface area contributed by atoms with Gasteiger partial charge in [-0.2, -0.15) is 0 Å². The Hall–Kier alpha value is -4.57. The number of aliphatic hydroxyl groups is 1. The van der Waals surface area contributed by atoms with Gasteiger partial charge in [0.2, 0.25) is 0 Å². The van der Waals surface area contributed by atoms with Crippen LogP contribution in [0, 0.1) is 0 Å². The van der Waals surface area contributed by atoms with Crippen LogP contribution in [-0.4, -0.2) is 48.2 Å². The lowest BCUT2D eigenvalue weighted by molar-refractivity contribution is -0.132. The molecular weight excluding hydrogens is 568 g/mol. The third-order valence-electron chi connectivity index (χ3n) is 7.45. The first-order valence-electron chi connectivity index (χ1n) is 14.3. The number of hydrogen-bond donors (Lipinski definition) is 1. The number of methoxy groups -OCH3 is 1. The third-order valence-corrected chi connectivity index (χ3v) is 8.47. The van der Waals surface area contributed by atoms with E-state index in [1.165, 1.54) is 16.2 Å². The molecule has 10 heteroatoms. The van der Waals surface area contributed by atoms with Crippen molar-refractivity contribution in [2.24, 2.45) is 0 Å².